The topological polar surface area (TPSA) is 16.1 Å². The molecule has 0 spiro atoms. The largest absolute Gasteiger partial charge is 0.291 e. The van der Waals surface area contributed by atoms with E-state index in [0.717, 1.165) is 19.6 Å². The maximum absolute atomic E-state index is 4.17. The van der Waals surface area contributed by atoms with Crippen LogP contribution in [0.5, 0.6) is 0 Å². The first kappa shape index (κ1) is 9.55. The molecule has 2 heteroatoms. The molecule has 0 bridgehead atoms. The highest BCUT2D eigenvalue weighted by Crippen LogP contribution is 2.22. The van der Waals surface area contributed by atoms with Gasteiger partial charge in [0.1, 0.15) is 0 Å². The minimum atomic E-state index is 1.02. The van der Waals surface area contributed by atoms with Gasteiger partial charge in [-0.3, -0.25) is 9.88 Å². The molecule has 0 amide bonds. The first-order valence-electron chi connectivity index (χ1n) is 5.60. The van der Waals surface area contributed by atoms with Crippen LogP contribution in [0.15, 0.2) is 48.8 Å². The Balaban J connectivity index is 1.73. The van der Waals surface area contributed by atoms with Gasteiger partial charge in [0.05, 0.1) is 0 Å². The van der Waals surface area contributed by atoms with Gasteiger partial charge >= 0.3 is 0 Å². The van der Waals surface area contributed by atoms with Crippen molar-refractivity contribution >= 4 is 0 Å². The molecular weight excluding hydrogens is 196 g/mol. The standard InChI is InChI=1S/C14H14N2/c1-2-4-12(5-3-1)9-16-10-13-6-7-15-8-14(13)11-16/h1-8H,9-11H2. The monoisotopic (exact) mass is 210 g/mol. The van der Waals surface area contributed by atoms with E-state index in [2.05, 4.69) is 46.3 Å². The molecule has 1 aliphatic rings. The van der Waals surface area contributed by atoms with Crippen LogP contribution < -0.4 is 0 Å². The second-order valence-corrected chi connectivity index (χ2v) is 4.28. The Morgan fingerprint density at radius 1 is 1.00 bits per heavy atom. The molecule has 0 aliphatic carbocycles. The highest BCUT2D eigenvalue weighted by atomic mass is 15.1. The van der Waals surface area contributed by atoms with Crippen molar-refractivity contribution < 1.29 is 0 Å². The molecule has 1 aromatic heterocycles. The van der Waals surface area contributed by atoms with Crippen LogP contribution in [0.25, 0.3) is 0 Å². The molecule has 0 saturated heterocycles. The summed E-state index contributed by atoms with van der Waals surface area (Å²) in [5.41, 5.74) is 4.17. The van der Waals surface area contributed by atoms with Crippen LogP contribution in [0, 0.1) is 0 Å². The molecule has 16 heavy (non-hydrogen) atoms. The number of fused-ring (bicyclic) bond motifs is 1. The number of aromatic nitrogens is 1. The Morgan fingerprint density at radius 2 is 1.81 bits per heavy atom. The molecule has 80 valence electrons. The lowest BCUT2D eigenvalue weighted by molar-refractivity contribution is 0.275. The molecule has 0 unspecified atom stereocenters. The third-order valence-electron chi connectivity index (χ3n) is 3.04. The summed E-state index contributed by atoms with van der Waals surface area (Å²) in [7, 11) is 0. The van der Waals surface area contributed by atoms with E-state index in [0.29, 0.717) is 0 Å². The molecule has 1 aliphatic heterocycles. The average molecular weight is 210 g/mol. The third-order valence-corrected chi connectivity index (χ3v) is 3.04. The molecule has 3 rings (SSSR count). The van der Waals surface area contributed by atoms with E-state index in [4.69, 9.17) is 0 Å². The summed E-state index contributed by atoms with van der Waals surface area (Å²) in [5, 5.41) is 0. The van der Waals surface area contributed by atoms with Gasteiger partial charge in [0.2, 0.25) is 0 Å². The first-order chi connectivity index (χ1) is 7.92. The van der Waals surface area contributed by atoms with Crippen molar-refractivity contribution in [3.8, 4) is 0 Å². The minimum Gasteiger partial charge on any atom is -0.291 e. The van der Waals surface area contributed by atoms with E-state index in [1.54, 1.807) is 0 Å². The van der Waals surface area contributed by atoms with Crippen LogP contribution >= 0.6 is 0 Å². The fourth-order valence-electron chi connectivity index (χ4n) is 2.24. The van der Waals surface area contributed by atoms with Gasteiger partial charge < -0.3 is 0 Å². The summed E-state index contributed by atoms with van der Waals surface area (Å²) >= 11 is 0. The minimum absolute atomic E-state index is 1.02. The number of benzene rings is 1. The fraction of sp³-hybridized carbons (Fsp3) is 0.214. The average Bonchev–Trinajstić information content (AvgIpc) is 2.72. The lowest BCUT2D eigenvalue weighted by Crippen LogP contribution is -2.15. The summed E-state index contributed by atoms with van der Waals surface area (Å²) in [6.45, 7) is 3.10. The molecule has 1 aromatic carbocycles. The predicted octanol–water partition coefficient (Wildman–Crippen LogP) is 2.60. The van der Waals surface area contributed by atoms with Gasteiger partial charge in [0, 0.05) is 32.0 Å². The van der Waals surface area contributed by atoms with Gasteiger partial charge in [-0.05, 0) is 22.8 Å². The quantitative estimate of drug-likeness (QED) is 0.757. The van der Waals surface area contributed by atoms with Gasteiger partial charge in [0.15, 0.2) is 0 Å². The number of hydrogen-bond acceptors (Lipinski definition) is 2. The maximum atomic E-state index is 4.17. The molecular formula is C14H14N2. The molecule has 0 atom stereocenters. The van der Waals surface area contributed by atoms with Crippen molar-refractivity contribution in [3.63, 3.8) is 0 Å². The van der Waals surface area contributed by atoms with Crippen LogP contribution in [0.1, 0.15) is 16.7 Å². The Morgan fingerprint density at radius 3 is 2.62 bits per heavy atom. The van der Waals surface area contributed by atoms with Gasteiger partial charge in [-0.2, -0.15) is 0 Å². The smallest absolute Gasteiger partial charge is 0.0316 e. The zero-order valence-corrected chi connectivity index (χ0v) is 9.13. The summed E-state index contributed by atoms with van der Waals surface area (Å²) in [6.07, 6.45) is 3.87. The molecule has 0 radical (unpaired) electrons. The van der Waals surface area contributed by atoms with Gasteiger partial charge in [-0.15, -0.1) is 0 Å². The fourth-order valence-corrected chi connectivity index (χ4v) is 2.24. The number of rotatable bonds is 2. The number of pyridine rings is 1. The van der Waals surface area contributed by atoms with Gasteiger partial charge in [0.25, 0.3) is 0 Å². The Hall–Kier alpha value is -1.67. The predicted molar refractivity (Wildman–Crippen MR) is 63.6 cm³/mol. The molecule has 2 nitrogen and oxygen atoms in total. The molecule has 2 aromatic rings. The van der Waals surface area contributed by atoms with Crippen LogP contribution in [-0.4, -0.2) is 9.88 Å². The number of hydrogen-bond donors (Lipinski definition) is 0. The number of nitrogens with zero attached hydrogens (tertiary/aromatic N) is 2. The summed E-state index contributed by atoms with van der Waals surface area (Å²) in [5.74, 6) is 0. The zero-order chi connectivity index (χ0) is 10.8. The highest BCUT2D eigenvalue weighted by Gasteiger charge is 2.18. The SMILES string of the molecule is c1ccc(CN2Cc3ccncc3C2)cc1. The Bertz CT molecular complexity index is 454. The van der Waals surface area contributed by atoms with Crippen LogP contribution in [0.4, 0.5) is 0 Å². The van der Waals surface area contributed by atoms with E-state index in [-0.39, 0.29) is 0 Å². The van der Waals surface area contributed by atoms with Crippen LogP contribution in [0.2, 0.25) is 0 Å². The van der Waals surface area contributed by atoms with Crippen LogP contribution in [-0.2, 0) is 19.6 Å². The lowest BCUT2D eigenvalue weighted by atomic mass is 10.2. The highest BCUT2D eigenvalue weighted by molar-refractivity contribution is 5.27. The van der Waals surface area contributed by atoms with Gasteiger partial charge in [-0.1, -0.05) is 30.3 Å². The zero-order valence-electron chi connectivity index (χ0n) is 9.13. The second kappa shape index (κ2) is 4.06. The lowest BCUT2D eigenvalue weighted by Gasteiger charge is -2.14. The third kappa shape index (κ3) is 1.84. The summed E-state index contributed by atoms with van der Waals surface area (Å²) in [4.78, 5) is 6.62. The Kier molecular flexibility index (Phi) is 2.43. The van der Waals surface area contributed by atoms with E-state index < -0.39 is 0 Å². The first-order valence-corrected chi connectivity index (χ1v) is 5.60. The molecule has 2 heterocycles. The van der Waals surface area contributed by atoms with Crippen LogP contribution in [0.3, 0.4) is 0 Å². The van der Waals surface area contributed by atoms with Crippen molar-refractivity contribution in [1.29, 1.82) is 0 Å². The van der Waals surface area contributed by atoms with E-state index in [1.165, 1.54) is 16.7 Å². The molecule has 0 fully saturated rings. The van der Waals surface area contributed by atoms with E-state index >= 15 is 0 Å². The molecule has 0 saturated carbocycles. The maximum Gasteiger partial charge on any atom is 0.0316 e. The van der Waals surface area contributed by atoms with Crippen molar-refractivity contribution in [2.24, 2.45) is 0 Å². The van der Waals surface area contributed by atoms with E-state index in [1.807, 2.05) is 12.4 Å². The van der Waals surface area contributed by atoms with Gasteiger partial charge in [-0.25, -0.2) is 0 Å². The van der Waals surface area contributed by atoms with Crippen molar-refractivity contribution in [2.45, 2.75) is 19.6 Å². The van der Waals surface area contributed by atoms with Crippen molar-refractivity contribution in [3.05, 3.63) is 65.5 Å². The summed E-state index contributed by atoms with van der Waals surface area (Å²) in [6, 6.07) is 12.7. The van der Waals surface area contributed by atoms with Crippen molar-refractivity contribution in [1.82, 2.24) is 9.88 Å². The Labute approximate surface area is 95.6 Å². The van der Waals surface area contributed by atoms with E-state index in [9.17, 15) is 0 Å². The van der Waals surface area contributed by atoms with Crippen molar-refractivity contribution in [2.75, 3.05) is 0 Å². The summed E-state index contributed by atoms with van der Waals surface area (Å²) < 4.78 is 0. The molecule has 0 N–H and O–H groups in total. The second-order valence-electron chi connectivity index (χ2n) is 4.28. The normalized spacial score (nSPS) is 15.0.